The number of rotatable bonds is 7. The fourth-order valence-electron chi connectivity index (χ4n) is 3.40. The van der Waals surface area contributed by atoms with Gasteiger partial charge in [0.25, 0.3) is 5.56 Å². The van der Waals surface area contributed by atoms with Crippen molar-refractivity contribution in [3.63, 3.8) is 0 Å². The molecular weight excluding hydrogens is 372 g/mol. The van der Waals surface area contributed by atoms with Crippen molar-refractivity contribution in [2.24, 2.45) is 0 Å². The monoisotopic (exact) mass is 394 g/mol. The summed E-state index contributed by atoms with van der Waals surface area (Å²) >= 11 is 0. The maximum absolute atomic E-state index is 13.0. The highest BCUT2D eigenvalue weighted by atomic mass is 16.5. The summed E-state index contributed by atoms with van der Waals surface area (Å²) < 4.78 is 10.8. The lowest BCUT2D eigenvalue weighted by molar-refractivity contribution is 0.292. The SMILES string of the molecule is COc1cc2[nH]c(=O)c(-c3nc4ccccc4[nH]3)c(NCCCO)c2cc1OC. The molecule has 4 N–H and O–H groups in total. The van der Waals surface area contributed by atoms with E-state index in [2.05, 4.69) is 20.3 Å². The molecule has 0 amide bonds. The highest BCUT2D eigenvalue weighted by Crippen LogP contribution is 2.37. The molecule has 0 saturated heterocycles. The number of benzene rings is 2. The van der Waals surface area contributed by atoms with Crippen LogP contribution in [0, 0.1) is 0 Å². The Labute approximate surface area is 166 Å². The molecule has 0 unspecified atom stereocenters. The summed E-state index contributed by atoms with van der Waals surface area (Å²) in [6.45, 7) is 0.544. The summed E-state index contributed by atoms with van der Waals surface area (Å²) in [6.07, 6.45) is 0.543. The molecule has 0 fully saturated rings. The van der Waals surface area contributed by atoms with E-state index in [0.29, 0.717) is 47.1 Å². The molecule has 150 valence electrons. The second-order valence-electron chi connectivity index (χ2n) is 6.56. The molecule has 0 aliphatic rings. The van der Waals surface area contributed by atoms with Gasteiger partial charge in [0.2, 0.25) is 0 Å². The highest BCUT2D eigenvalue weighted by Gasteiger charge is 2.19. The number of hydrogen-bond donors (Lipinski definition) is 4. The molecule has 0 saturated carbocycles. The zero-order chi connectivity index (χ0) is 20.4. The molecule has 0 bridgehead atoms. The van der Waals surface area contributed by atoms with Crippen LogP contribution in [0.4, 0.5) is 5.69 Å². The summed E-state index contributed by atoms with van der Waals surface area (Å²) in [6, 6.07) is 11.2. The normalized spacial score (nSPS) is 11.1. The van der Waals surface area contributed by atoms with Gasteiger partial charge in [0.1, 0.15) is 11.4 Å². The largest absolute Gasteiger partial charge is 0.493 e. The number of nitrogens with one attached hydrogen (secondary N) is 3. The van der Waals surface area contributed by atoms with Gasteiger partial charge in [0.15, 0.2) is 11.5 Å². The number of aromatic amines is 2. The number of aromatic nitrogens is 3. The van der Waals surface area contributed by atoms with Crippen LogP contribution in [0.1, 0.15) is 6.42 Å². The van der Waals surface area contributed by atoms with Gasteiger partial charge >= 0.3 is 0 Å². The maximum Gasteiger partial charge on any atom is 0.261 e. The van der Waals surface area contributed by atoms with Crippen LogP contribution >= 0.6 is 0 Å². The number of methoxy groups -OCH3 is 2. The number of imidazole rings is 1. The third kappa shape index (κ3) is 3.38. The van der Waals surface area contributed by atoms with Gasteiger partial charge in [-0.2, -0.15) is 0 Å². The van der Waals surface area contributed by atoms with E-state index in [1.807, 2.05) is 30.3 Å². The minimum absolute atomic E-state index is 0.0469. The van der Waals surface area contributed by atoms with Gasteiger partial charge in [-0.3, -0.25) is 4.79 Å². The Bertz CT molecular complexity index is 1200. The molecule has 0 aliphatic carbocycles. The number of aliphatic hydroxyl groups excluding tert-OH is 1. The van der Waals surface area contributed by atoms with E-state index >= 15 is 0 Å². The predicted molar refractivity (Wildman–Crippen MR) is 113 cm³/mol. The average Bonchev–Trinajstić information content (AvgIpc) is 3.16. The Balaban J connectivity index is 1.99. The third-order valence-electron chi connectivity index (χ3n) is 4.78. The van der Waals surface area contributed by atoms with Gasteiger partial charge in [-0.25, -0.2) is 4.98 Å². The Hall–Kier alpha value is -3.52. The van der Waals surface area contributed by atoms with Crippen molar-refractivity contribution in [2.75, 3.05) is 32.7 Å². The lowest BCUT2D eigenvalue weighted by atomic mass is 10.1. The van der Waals surface area contributed by atoms with Crippen molar-refractivity contribution < 1.29 is 14.6 Å². The number of anilines is 1. The van der Waals surface area contributed by atoms with Gasteiger partial charge in [-0.05, 0) is 24.6 Å². The number of aliphatic hydroxyl groups is 1. The third-order valence-corrected chi connectivity index (χ3v) is 4.78. The lowest BCUT2D eigenvalue weighted by Crippen LogP contribution is -2.15. The van der Waals surface area contributed by atoms with Gasteiger partial charge in [-0.1, -0.05) is 12.1 Å². The molecule has 8 nitrogen and oxygen atoms in total. The molecular formula is C21H22N4O4. The second-order valence-corrected chi connectivity index (χ2v) is 6.56. The molecule has 0 atom stereocenters. The Morgan fingerprint density at radius 2 is 1.83 bits per heavy atom. The van der Waals surface area contributed by atoms with E-state index in [0.717, 1.165) is 16.4 Å². The second kappa shape index (κ2) is 7.84. The quantitative estimate of drug-likeness (QED) is 0.359. The molecule has 0 radical (unpaired) electrons. The topological polar surface area (TPSA) is 112 Å². The van der Waals surface area contributed by atoms with Gasteiger partial charge in [0.05, 0.1) is 36.5 Å². The van der Waals surface area contributed by atoms with E-state index in [4.69, 9.17) is 9.47 Å². The van der Waals surface area contributed by atoms with Crippen molar-refractivity contribution in [1.82, 2.24) is 15.0 Å². The molecule has 0 spiro atoms. The molecule has 2 aromatic heterocycles. The Morgan fingerprint density at radius 3 is 2.55 bits per heavy atom. The zero-order valence-corrected chi connectivity index (χ0v) is 16.2. The summed E-state index contributed by atoms with van der Waals surface area (Å²) in [5, 5.41) is 13.2. The van der Waals surface area contributed by atoms with Crippen LogP contribution in [-0.2, 0) is 0 Å². The first-order valence-corrected chi connectivity index (χ1v) is 9.28. The fraction of sp³-hybridized carbons (Fsp3) is 0.238. The van der Waals surface area contributed by atoms with E-state index in [1.54, 1.807) is 20.3 Å². The number of para-hydroxylation sites is 2. The predicted octanol–water partition coefficient (Wildman–Crippen LogP) is 2.88. The highest BCUT2D eigenvalue weighted by molar-refractivity contribution is 6.00. The smallest absolute Gasteiger partial charge is 0.261 e. The first kappa shape index (κ1) is 18.8. The van der Waals surface area contributed by atoms with Gasteiger partial charge in [0, 0.05) is 24.6 Å². The molecule has 2 heterocycles. The molecule has 4 aromatic rings. The summed E-state index contributed by atoms with van der Waals surface area (Å²) in [5.74, 6) is 1.54. The van der Waals surface area contributed by atoms with E-state index < -0.39 is 0 Å². The number of ether oxygens (including phenoxy) is 2. The number of hydrogen-bond acceptors (Lipinski definition) is 6. The number of fused-ring (bicyclic) bond motifs is 2. The molecule has 8 heteroatoms. The molecule has 4 rings (SSSR count). The van der Waals surface area contributed by atoms with Crippen molar-refractivity contribution >= 4 is 27.6 Å². The minimum Gasteiger partial charge on any atom is -0.493 e. The van der Waals surface area contributed by atoms with Crippen LogP contribution in [0.3, 0.4) is 0 Å². The van der Waals surface area contributed by atoms with Crippen LogP contribution in [-0.4, -0.2) is 47.4 Å². The lowest BCUT2D eigenvalue weighted by Gasteiger charge is -2.15. The van der Waals surface area contributed by atoms with Crippen LogP contribution in [0.15, 0.2) is 41.2 Å². The summed E-state index contributed by atoms with van der Waals surface area (Å²) in [7, 11) is 3.11. The Kier molecular flexibility index (Phi) is 5.09. The summed E-state index contributed by atoms with van der Waals surface area (Å²) in [5.41, 5.74) is 2.97. The summed E-state index contributed by atoms with van der Waals surface area (Å²) in [4.78, 5) is 23.8. The van der Waals surface area contributed by atoms with Crippen LogP contribution < -0.4 is 20.3 Å². The molecule has 0 aliphatic heterocycles. The van der Waals surface area contributed by atoms with E-state index in [-0.39, 0.29) is 12.2 Å². The van der Waals surface area contributed by atoms with Crippen LogP contribution in [0.5, 0.6) is 11.5 Å². The van der Waals surface area contributed by atoms with Crippen molar-refractivity contribution in [2.45, 2.75) is 6.42 Å². The Morgan fingerprint density at radius 1 is 1.07 bits per heavy atom. The number of H-pyrrole nitrogens is 2. The minimum atomic E-state index is -0.282. The standard InChI is InChI=1S/C21H22N4O4/c1-28-16-10-12-15(11-17(16)29-2)25-21(27)18(19(12)22-8-5-9-26)20-23-13-6-3-4-7-14(13)24-20/h3-4,6-7,10-11,26H,5,8-9H2,1-2H3,(H,23,24)(H2,22,25,27). The van der Waals surface area contributed by atoms with E-state index in [1.165, 1.54) is 0 Å². The van der Waals surface area contributed by atoms with Crippen LogP contribution in [0.2, 0.25) is 0 Å². The van der Waals surface area contributed by atoms with Gasteiger partial charge in [-0.15, -0.1) is 0 Å². The first-order chi connectivity index (χ1) is 14.2. The van der Waals surface area contributed by atoms with Crippen molar-refractivity contribution in [1.29, 1.82) is 0 Å². The van der Waals surface area contributed by atoms with Gasteiger partial charge < -0.3 is 29.9 Å². The van der Waals surface area contributed by atoms with Crippen molar-refractivity contribution in [3.05, 3.63) is 46.8 Å². The molecule has 29 heavy (non-hydrogen) atoms. The number of nitrogens with zero attached hydrogens (tertiary/aromatic N) is 1. The van der Waals surface area contributed by atoms with E-state index in [9.17, 15) is 9.90 Å². The zero-order valence-electron chi connectivity index (χ0n) is 16.2. The fourth-order valence-corrected chi connectivity index (χ4v) is 3.40. The average molecular weight is 394 g/mol. The number of pyridine rings is 1. The van der Waals surface area contributed by atoms with Crippen molar-refractivity contribution in [3.8, 4) is 22.9 Å². The first-order valence-electron chi connectivity index (χ1n) is 9.28. The maximum atomic E-state index is 13.0. The molecule has 2 aromatic carbocycles. The van der Waals surface area contributed by atoms with Crippen LogP contribution in [0.25, 0.3) is 33.3 Å².